The van der Waals surface area contributed by atoms with Crippen molar-refractivity contribution >= 4 is 5.97 Å². The minimum atomic E-state index is -0.307. The van der Waals surface area contributed by atoms with E-state index in [1.807, 2.05) is 0 Å². The van der Waals surface area contributed by atoms with Gasteiger partial charge in [-0.3, -0.25) is 4.79 Å². The van der Waals surface area contributed by atoms with Gasteiger partial charge in [-0.2, -0.15) is 0 Å². The second kappa shape index (κ2) is 9.84. The standard InChI is InChI=1S/C28H47NO5/c1-18(2)8-13-22-27(6,34-22)25-24(31-7)21(14-15-28(25)17-32-28)33-23(30)16-29-20-11-9-19(10-12-20)26(3,4)5/h8,19-22,24-25,29H,9-17H2,1-7H3/t19?,20?,21-,22-,24-,25-,27-,28+/m1/s1. The summed E-state index contributed by atoms with van der Waals surface area (Å²) in [7, 11) is 1.72. The zero-order valence-electron chi connectivity index (χ0n) is 22.4. The van der Waals surface area contributed by atoms with Crippen molar-refractivity contribution in [3.63, 3.8) is 0 Å². The fourth-order valence-corrected chi connectivity index (χ4v) is 6.67. The third kappa shape index (κ3) is 5.55. The summed E-state index contributed by atoms with van der Waals surface area (Å²) < 4.78 is 24.3. The van der Waals surface area contributed by atoms with Crippen LogP contribution in [0.25, 0.3) is 0 Å². The molecule has 1 spiro atoms. The molecular weight excluding hydrogens is 430 g/mol. The molecule has 0 aromatic heterocycles. The van der Waals surface area contributed by atoms with Gasteiger partial charge in [-0.05, 0) is 77.0 Å². The van der Waals surface area contributed by atoms with Crippen LogP contribution in [0.5, 0.6) is 0 Å². The van der Waals surface area contributed by atoms with Crippen molar-refractivity contribution in [2.75, 3.05) is 20.3 Å². The van der Waals surface area contributed by atoms with Crippen molar-refractivity contribution in [3.8, 4) is 0 Å². The molecule has 2 heterocycles. The van der Waals surface area contributed by atoms with Crippen LogP contribution in [0.3, 0.4) is 0 Å². The number of allylic oxidation sites excluding steroid dienone is 1. The Balaban J connectivity index is 1.31. The average Bonchev–Trinajstić information content (AvgIpc) is 3.69. The summed E-state index contributed by atoms with van der Waals surface area (Å²) in [6.45, 7) is 14.4. The van der Waals surface area contributed by atoms with Gasteiger partial charge in [0.2, 0.25) is 0 Å². The van der Waals surface area contributed by atoms with Crippen molar-refractivity contribution in [2.24, 2.45) is 17.3 Å². The fourth-order valence-electron chi connectivity index (χ4n) is 6.67. The van der Waals surface area contributed by atoms with Crippen molar-refractivity contribution < 1.29 is 23.7 Å². The highest BCUT2D eigenvalue weighted by atomic mass is 16.6. The number of esters is 1. The topological polar surface area (TPSA) is 72.6 Å². The molecule has 6 atom stereocenters. The van der Waals surface area contributed by atoms with E-state index in [4.69, 9.17) is 18.9 Å². The largest absolute Gasteiger partial charge is 0.459 e. The first-order valence-electron chi connectivity index (χ1n) is 13.4. The summed E-state index contributed by atoms with van der Waals surface area (Å²) in [4.78, 5) is 12.8. The number of carbonyl (C=O) groups is 1. The van der Waals surface area contributed by atoms with Crippen LogP contribution < -0.4 is 5.32 Å². The van der Waals surface area contributed by atoms with Gasteiger partial charge >= 0.3 is 5.97 Å². The van der Waals surface area contributed by atoms with E-state index in [1.165, 1.54) is 18.4 Å². The Bertz CT molecular complexity index is 757. The van der Waals surface area contributed by atoms with Gasteiger partial charge in [0.25, 0.3) is 0 Å². The van der Waals surface area contributed by atoms with Crippen molar-refractivity contribution in [2.45, 2.75) is 122 Å². The normalized spacial score (nSPS) is 41.7. The molecule has 2 saturated carbocycles. The van der Waals surface area contributed by atoms with Crippen LogP contribution in [-0.2, 0) is 23.7 Å². The highest BCUT2D eigenvalue weighted by Crippen LogP contribution is 2.59. The molecule has 2 saturated heterocycles. The minimum Gasteiger partial charge on any atom is -0.459 e. The first kappa shape index (κ1) is 26.1. The minimum absolute atomic E-state index is 0.0627. The fraction of sp³-hybridized carbons (Fsp3) is 0.893. The van der Waals surface area contributed by atoms with Crippen molar-refractivity contribution in [3.05, 3.63) is 11.6 Å². The Morgan fingerprint density at radius 3 is 2.38 bits per heavy atom. The molecule has 34 heavy (non-hydrogen) atoms. The number of ether oxygens (including phenoxy) is 4. The molecule has 1 N–H and O–H groups in total. The predicted octanol–water partition coefficient (Wildman–Crippen LogP) is 4.80. The summed E-state index contributed by atoms with van der Waals surface area (Å²) in [5.74, 6) is 0.648. The van der Waals surface area contributed by atoms with Crippen LogP contribution in [0.1, 0.15) is 86.5 Å². The lowest BCUT2D eigenvalue weighted by molar-refractivity contribution is -0.171. The number of rotatable bonds is 8. The summed E-state index contributed by atoms with van der Waals surface area (Å²) >= 11 is 0. The van der Waals surface area contributed by atoms with Crippen LogP contribution in [-0.4, -0.2) is 61.8 Å². The summed E-state index contributed by atoms with van der Waals surface area (Å²) in [5, 5.41) is 3.46. The molecule has 4 fully saturated rings. The second-order valence-corrected chi connectivity index (χ2v) is 12.7. The smallest absolute Gasteiger partial charge is 0.320 e. The van der Waals surface area contributed by atoms with E-state index >= 15 is 0 Å². The van der Waals surface area contributed by atoms with Gasteiger partial charge in [0.1, 0.15) is 23.4 Å². The summed E-state index contributed by atoms with van der Waals surface area (Å²) in [5.41, 5.74) is 1.17. The van der Waals surface area contributed by atoms with Gasteiger partial charge in [0.15, 0.2) is 0 Å². The van der Waals surface area contributed by atoms with Gasteiger partial charge in [0, 0.05) is 13.2 Å². The molecule has 0 bridgehead atoms. The quantitative estimate of drug-likeness (QED) is 0.308. The SMILES string of the molecule is CO[C@@H]1[C@H](OC(=O)CNC2CCC(C(C)(C)C)CC2)CC[C@]2(CO2)[C@H]1[C@]1(C)O[C@@H]1CC=C(C)C. The maximum Gasteiger partial charge on any atom is 0.320 e. The molecule has 194 valence electrons. The highest BCUT2D eigenvalue weighted by molar-refractivity contribution is 5.72. The lowest BCUT2D eigenvalue weighted by Crippen LogP contribution is -2.56. The van der Waals surface area contributed by atoms with Crippen LogP contribution in [0, 0.1) is 17.3 Å². The third-order valence-electron chi connectivity index (χ3n) is 9.01. The molecule has 0 radical (unpaired) electrons. The maximum atomic E-state index is 12.8. The van der Waals surface area contributed by atoms with Gasteiger partial charge in [-0.15, -0.1) is 0 Å². The first-order chi connectivity index (χ1) is 16.0. The molecule has 4 aliphatic rings. The number of hydrogen-bond acceptors (Lipinski definition) is 6. The van der Waals surface area contributed by atoms with E-state index in [1.54, 1.807) is 7.11 Å². The van der Waals surface area contributed by atoms with Crippen molar-refractivity contribution in [1.29, 1.82) is 0 Å². The van der Waals surface area contributed by atoms with Crippen LogP contribution in [0.2, 0.25) is 0 Å². The van der Waals surface area contributed by atoms with Crippen molar-refractivity contribution in [1.82, 2.24) is 5.32 Å². The zero-order valence-corrected chi connectivity index (χ0v) is 22.4. The van der Waals surface area contributed by atoms with E-state index in [2.05, 4.69) is 52.9 Å². The number of epoxide rings is 2. The predicted molar refractivity (Wildman–Crippen MR) is 133 cm³/mol. The van der Waals surface area contributed by atoms with E-state index < -0.39 is 0 Å². The van der Waals surface area contributed by atoms with Gasteiger partial charge < -0.3 is 24.3 Å². The molecule has 4 rings (SSSR count). The van der Waals surface area contributed by atoms with Gasteiger partial charge in [-0.25, -0.2) is 0 Å². The van der Waals surface area contributed by atoms with Crippen LogP contribution >= 0.6 is 0 Å². The van der Waals surface area contributed by atoms with E-state index in [-0.39, 0.29) is 47.9 Å². The molecule has 6 heteroatoms. The third-order valence-corrected chi connectivity index (χ3v) is 9.01. The molecule has 6 nitrogen and oxygen atoms in total. The Hall–Kier alpha value is -0.950. The molecule has 0 amide bonds. The Morgan fingerprint density at radius 1 is 1.15 bits per heavy atom. The summed E-state index contributed by atoms with van der Waals surface area (Å²) in [6, 6.07) is 0.404. The first-order valence-corrected chi connectivity index (χ1v) is 13.4. The number of hydrogen-bond donors (Lipinski definition) is 1. The lowest BCUT2D eigenvalue weighted by atomic mass is 9.68. The second-order valence-electron chi connectivity index (χ2n) is 12.7. The Morgan fingerprint density at radius 2 is 1.82 bits per heavy atom. The number of carbonyl (C=O) groups excluding carboxylic acids is 1. The van der Waals surface area contributed by atoms with E-state index in [0.29, 0.717) is 11.5 Å². The van der Waals surface area contributed by atoms with Gasteiger partial charge in [-0.1, -0.05) is 32.4 Å². The monoisotopic (exact) mass is 477 g/mol. The lowest BCUT2D eigenvalue weighted by Gasteiger charge is -2.42. The number of methoxy groups -OCH3 is 1. The maximum absolute atomic E-state index is 12.8. The van der Waals surface area contributed by atoms with E-state index in [9.17, 15) is 4.79 Å². The zero-order chi connectivity index (χ0) is 24.7. The molecule has 2 aliphatic carbocycles. The van der Waals surface area contributed by atoms with Gasteiger partial charge in [0.05, 0.1) is 25.2 Å². The molecular formula is C28H47NO5. The highest BCUT2D eigenvalue weighted by Gasteiger charge is 2.72. The average molecular weight is 478 g/mol. The van der Waals surface area contributed by atoms with E-state index in [0.717, 1.165) is 44.6 Å². The molecule has 0 aromatic rings. The Kier molecular flexibility index (Phi) is 7.56. The molecule has 0 aromatic carbocycles. The van der Waals surface area contributed by atoms with Crippen LogP contribution in [0.15, 0.2) is 11.6 Å². The number of nitrogens with one attached hydrogen (secondary N) is 1. The Labute approximate surface area is 206 Å². The summed E-state index contributed by atoms with van der Waals surface area (Å²) in [6.07, 6.45) is 9.17. The molecule has 0 unspecified atom stereocenters. The molecule has 2 aliphatic heterocycles. The van der Waals surface area contributed by atoms with Crippen LogP contribution in [0.4, 0.5) is 0 Å².